The van der Waals surface area contributed by atoms with E-state index >= 15 is 0 Å². The molecule has 2 aromatic rings. The van der Waals surface area contributed by atoms with Crippen LogP contribution in [0.4, 0.5) is 0 Å². The van der Waals surface area contributed by atoms with E-state index in [0.29, 0.717) is 18.7 Å². The Morgan fingerprint density at radius 3 is 2.79 bits per heavy atom. The second-order valence-electron chi connectivity index (χ2n) is 7.60. The van der Waals surface area contributed by atoms with Gasteiger partial charge in [0.15, 0.2) is 5.69 Å². The zero-order valence-corrected chi connectivity index (χ0v) is 16.5. The van der Waals surface area contributed by atoms with Crippen molar-refractivity contribution in [2.45, 2.75) is 45.6 Å². The Hall–Kier alpha value is -2.22. The van der Waals surface area contributed by atoms with Gasteiger partial charge in [-0.25, -0.2) is 0 Å². The summed E-state index contributed by atoms with van der Waals surface area (Å²) in [4.78, 5) is 15.2. The number of morpholine rings is 1. The number of hydrogen-bond acceptors (Lipinski definition) is 5. The summed E-state index contributed by atoms with van der Waals surface area (Å²) in [6.45, 7) is 8.82. The minimum absolute atomic E-state index is 0.0675. The Balaban J connectivity index is 1.43. The number of nitrogens with one attached hydrogen (secondary N) is 2. The fraction of sp³-hybridized carbons (Fsp3) is 0.524. The third kappa shape index (κ3) is 4.11. The van der Waals surface area contributed by atoms with E-state index in [1.807, 2.05) is 26.0 Å². The van der Waals surface area contributed by atoms with E-state index in [1.165, 1.54) is 5.56 Å². The zero-order chi connectivity index (χ0) is 19.5. The van der Waals surface area contributed by atoms with Crippen LogP contribution >= 0.6 is 0 Å². The summed E-state index contributed by atoms with van der Waals surface area (Å²) in [6, 6.07) is 8.28. The number of fused-ring (bicyclic) bond motifs is 1. The van der Waals surface area contributed by atoms with Gasteiger partial charge in [0.05, 0.1) is 31.1 Å². The number of nitrogens with zero attached hydrogens (tertiary/aromatic N) is 2. The molecule has 7 nitrogen and oxygen atoms in total. The van der Waals surface area contributed by atoms with E-state index in [-0.39, 0.29) is 18.1 Å². The Morgan fingerprint density at radius 1 is 1.25 bits per heavy atom. The van der Waals surface area contributed by atoms with Crippen LogP contribution in [-0.4, -0.2) is 53.4 Å². The first kappa shape index (κ1) is 19.1. The van der Waals surface area contributed by atoms with E-state index in [2.05, 4.69) is 32.5 Å². The maximum Gasteiger partial charge on any atom is 0.272 e. The molecule has 1 fully saturated rings. The maximum atomic E-state index is 12.8. The van der Waals surface area contributed by atoms with Gasteiger partial charge in [-0.2, -0.15) is 5.10 Å². The molecule has 7 heteroatoms. The monoisotopic (exact) mass is 384 g/mol. The van der Waals surface area contributed by atoms with Crippen LogP contribution in [-0.2, 0) is 29.0 Å². The maximum absolute atomic E-state index is 12.8. The highest BCUT2D eigenvalue weighted by atomic mass is 16.5. The van der Waals surface area contributed by atoms with Crippen molar-refractivity contribution in [2.24, 2.45) is 0 Å². The molecular formula is C21H28N4O3. The van der Waals surface area contributed by atoms with Gasteiger partial charge in [0.2, 0.25) is 0 Å². The molecule has 28 heavy (non-hydrogen) atoms. The van der Waals surface area contributed by atoms with E-state index < -0.39 is 0 Å². The van der Waals surface area contributed by atoms with Gasteiger partial charge in [-0.05, 0) is 25.0 Å². The van der Waals surface area contributed by atoms with Crippen LogP contribution in [0.15, 0.2) is 24.3 Å². The van der Waals surface area contributed by atoms with E-state index in [9.17, 15) is 4.79 Å². The van der Waals surface area contributed by atoms with Crippen LogP contribution in [0, 0.1) is 0 Å². The van der Waals surface area contributed by atoms with Gasteiger partial charge in [0.1, 0.15) is 0 Å². The molecule has 0 spiro atoms. The number of carbonyl (C=O) groups is 1. The second-order valence-corrected chi connectivity index (χ2v) is 7.60. The van der Waals surface area contributed by atoms with Crippen LogP contribution < -0.4 is 5.32 Å². The largest absolute Gasteiger partial charge is 0.379 e. The van der Waals surface area contributed by atoms with Crippen molar-refractivity contribution in [1.82, 2.24) is 20.4 Å². The molecule has 1 aromatic carbocycles. The number of H-pyrrole nitrogens is 1. The summed E-state index contributed by atoms with van der Waals surface area (Å²) in [5.74, 6) is -0.139. The number of aromatic amines is 1. The number of aromatic nitrogens is 2. The van der Waals surface area contributed by atoms with Crippen LogP contribution in [0.25, 0.3) is 0 Å². The molecule has 0 aliphatic carbocycles. The molecule has 2 aliphatic rings. The van der Waals surface area contributed by atoms with Gasteiger partial charge < -0.3 is 14.8 Å². The molecule has 0 bridgehead atoms. The van der Waals surface area contributed by atoms with Crippen molar-refractivity contribution in [1.29, 1.82) is 0 Å². The van der Waals surface area contributed by atoms with Crippen molar-refractivity contribution in [3.05, 3.63) is 52.3 Å². The van der Waals surface area contributed by atoms with E-state index in [4.69, 9.17) is 9.47 Å². The molecule has 1 aromatic heterocycles. The van der Waals surface area contributed by atoms with Crippen LogP contribution in [0.1, 0.15) is 52.8 Å². The predicted molar refractivity (Wildman–Crippen MR) is 105 cm³/mol. The number of benzene rings is 1. The Morgan fingerprint density at radius 2 is 2.00 bits per heavy atom. The lowest BCUT2D eigenvalue weighted by atomic mass is 9.99. The third-order valence-electron chi connectivity index (χ3n) is 5.50. The number of amides is 1. The molecular weight excluding hydrogens is 356 g/mol. The Bertz CT molecular complexity index is 829. The van der Waals surface area contributed by atoms with Gasteiger partial charge in [0, 0.05) is 38.2 Å². The van der Waals surface area contributed by atoms with Gasteiger partial charge in [0.25, 0.3) is 5.91 Å². The third-order valence-corrected chi connectivity index (χ3v) is 5.50. The van der Waals surface area contributed by atoms with E-state index in [1.54, 1.807) is 0 Å². The highest BCUT2D eigenvalue weighted by Gasteiger charge is 2.29. The molecule has 1 amide bonds. The molecule has 0 radical (unpaired) electrons. The topological polar surface area (TPSA) is 79.5 Å². The minimum Gasteiger partial charge on any atom is -0.379 e. The zero-order valence-electron chi connectivity index (χ0n) is 16.5. The van der Waals surface area contributed by atoms with Crippen LogP contribution in [0.5, 0.6) is 0 Å². The van der Waals surface area contributed by atoms with Gasteiger partial charge in [-0.15, -0.1) is 0 Å². The standard InChI is InChI=1S/C21H28N4O3/c1-14-11-18-19(15(2)28-14)23-24-20(18)21(26)22-12-16-5-3-4-6-17(16)13-25-7-9-27-10-8-25/h3-6,14-15H,7-13H2,1-2H3,(H,22,26)(H,23,24)/t14-,15+/m1/s1. The van der Waals surface area contributed by atoms with Crippen molar-refractivity contribution >= 4 is 5.91 Å². The number of rotatable bonds is 5. The lowest BCUT2D eigenvalue weighted by Crippen LogP contribution is -2.36. The number of ether oxygens (including phenoxy) is 2. The normalized spacial score (nSPS) is 22.6. The SMILES string of the molecule is C[C@@H]1Cc2c(C(=O)NCc3ccccc3CN3CCOCC3)n[nH]c2[C@H](C)O1. The lowest BCUT2D eigenvalue weighted by Gasteiger charge is -2.27. The lowest BCUT2D eigenvalue weighted by molar-refractivity contribution is -0.00697. The summed E-state index contributed by atoms with van der Waals surface area (Å²) in [5.41, 5.74) is 4.75. The molecule has 3 heterocycles. The first-order valence-corrected chi connectivity index (χ1v) is 9.99. The predicted octanol–water partition coefficient (Wildman–Crippen LogP) is 2.19. The second kappa shape index (κ2) is 8.43. The molecule has 0 unspecified atom stereocenters. The average molecular weight is 384 g/mol. The summed E-state index contributed by atoms with van der Waals surface area (Å²) < 4.78 is 11.2. The van der Waals surface area contributed by atoms with Gasteiger partial charge >= 0.3 is 0 Å². The van der Waals surface area contributed by atoms with Crippen molar-refractivity contribution in [3.63, 3.8) is 0 Å². The smallest absolute Gasteiger partial charge is 0.272 e. The molecule has 2 aliphatic heterocycles. The molecule has 0 saturated carbocycles. The highest BCUT2D eigenvalue weighted by molar-refractivity contribution is 5.94. The summed E-state index contributed by atoms with van der Waals surface area (Å²) in [7, 11) is 0. The number of hydrogen-bond donors (Lipinski definition) is 2. The molecule has 2 N–H and O–H groups in total. The van der Waals surface area contributed by atoms with Crippen LogP contribution in [0.2, 0.25) is 0 Å². The fourth-order valence-corrected chi connectivity index (χ4v) is 4.01. The molecule has 1 saturated heterocycles. The summed E-state index contributed by atoms with van der Waals surface area (Å²) >= 11 is 0. The first-order valence-electron chi connectivity index (χ1n) is 9.99. The van der Waals surface area contributed by atoms with Crippen molar-refractivity contribution in [3.8, 4) is 0 Å². The molecule has 4 rings (SSSR count). The fourth-order valence-electron chi connectivity index (χ4n) is 4.01. The first-order chi connectivity index (χ1) is 13.6. The number of carbonyl (C=O) groups excluding carboxylic acids is 1. The van der Waals surface area contributed by atoms with Gasteiger partial charge in [-0.1, -0.05) is 24.3 Å². The van der Waals surface area contributed by atoms with Crippen molar-refractivity contribution in [2.75, 3.05) is 26.3 Å². The van der Waals surface area contributed by atoms with E-state index in [0.717, 1.165) is 49.7 Å². The Kier molecular flexibility index (Phi) is 5.75. The average Bonchev–Trinajstić information content (AvgIpc) is 3.12. The van der Waals surface area contributed by atoms with Gasteiger partial charge in [-0.3, -0.25) is 14.8 Å². The Labute approximate surface area is 165 Å². The van der Waals surface area contributed by atoms with Crippen molar-refractivity contribution < 1.29 is 14.3 Å². The summed E-state index contributed by atoms with van der Waals surface area (Å²) in [5, 5.41) is 10.3. The molecule has 150 valence electrons. The quantitative estimate of drug-likeness (QED) is 0.826. The summed E-state index contributed by atoms with van der Waals surface area (Å²) in [6.07, 6.45) is 0.718. The van der Waals surface area contributed by atoms with Crippen LogP contribution in [0.3, 0.4) is 0 Å². The molecule has 2 atom stereocenters. The highest BCUT2D eigenvalue weighted by Crippen LogP contribution is 2.30. The minimum atomic E-state index is -0.139.